The number of para-hydroxylation sites is 1. The van der Waals surface area contributed by atoms with Crippen molar-refractivity contribution in [3.05, 3.63) is 146 Å². The summed E-state index contributed by atoms with van der Waals surface area (Å²) >= 11 is 6.35. The topological polar surface area (TPSA) is 137 Å². The summed E-state index contributed by atoms with van der Waals surface area (Å²) in [4.78, 5) is 58.3. The molecule has 12 nitrogen and oxygen atoms in total. The van der Waals surface area contributed by atoms with Gasteiger partial charge in [-0.05, 0) is 66.1 Å². The molecule has 0 spiro atoms. The van der Waals surface area contributed by atoms with E-state index in [1.807, 2.05) is 0 Å². The van der Waals surface area contributed by atoms with E-state index in [2.05, 4.69) is 5.43 Å². The Balaban J connectivity index is 1.42. The van der Waals surface area contributed by atoms with Gasteiger partial charge in [-0.2, -0.15) is 5.01 Å². The number of hydrogen-bond acceptors (Lipinski definition) is 8. The van der Waals surface area contributed by atoms with Gasteiger partial charge in [-0.1, -0.05) is 48.0 Å². The van der Waals surface area contributed by atoms with Crippen molar-refractivity contribution in [1.29, 1.82) is 0 Å². The van der Waals surface area contributed by atoms with E-state index in [9.17, 15) is 23.9 Å². The first-order valence-electron chi connectivity index (χ1n) is 16.4. The molecule has 5 aromatic rings. The number of aromatic hydroxyl groups is 1. The highest BCUT2D eigenvalue weighted by molar-refractivity contribution is 6.30. The molecule has 52 heavy (non-hydrogen) atoms. The van der Waals surface area contributed by atoms with Crippen LogP contribution in [0.3, 0.4) is 0 Å². The van der Waals surface area contributed by atoms with Gasteiger partial charge in [0.15, 0.2) is 0 Å². The first-order chi connectivity index (χ1) is 25.1. The highest BCUT2D eigenvalue weighted by Gasteiger charge is 2.69. The molecule has 3 heterocycles. The predicted octanol–water partition coefficient (Wildman–Crippen LogP) is 4.93. The number of halogens is 2. The molecule has 0 unspecified atom stereocenters. The van der Waals surface area contributed by atoms with Crippen LogP contribution < -0.4 is 26.3 Å². The number of anilines is 1. The van der Waals surface area contributed by atoms with E-state index in [0.717, 1.165) is 9.58 Å². The van der Waals surface area contributed by atoms with Crippen LogP contribution in [0.2, 0.25) is 5.02 Å². The van der Waals surface area contributed by atoms with Gasteiger partial charge >= 0.3 is 11.4 Å². The van der Waals surface area contributed by atoms with Crippen molar-refractivity contribution in [2.45, 2.75) is 30.3 Å². The lowest BCUT2D eigenvalue weighted by atomic mass is 9.53. The number of rotatable bonds is 7. The number of fused-ring (bicyclic) bond motifs is 4. The normalized spacial score (nSPS) is 22.0. The van der Waals surface area contributed by atoms with Crippen LogP contribution in [0.4, 0.5) is 10.1 Å². The SMILES string of the molecule is COc1cc(O)c([C@H]2C3=CCn4c(=O)n(-c5ccccc5)c(=O)n4[C@@H]3C[C@H]3C(=O)N(Nc4ccc(F)cc4)C(=O)[C@@]23c2ccc(Cl)cc2)c(OC)c1. The minimum atomic E-state index is -1.75. The summed E-state index contributed by atoms with van der Waals surface area (Å²) in [6.07, 6.45) is 1.70. The molecule has 264 valence electrons. The zero-order valence-corrected chi connectivity index (χ0v) is 28.6. The molecule has 8 rings (SSSR count). The Morgan fingerprint density at radius 1 is 0.904 bits per heavy atom. The molecule has 1 saturated heterocycles. The zero-order chi connectivity index (χ0) is 36.5. The quantitative estimate of drug-likeness (QED) is 0.178. The maximum atomic E-state index is 15.3. The lowest BCUT2D eigenvalue weighted by Gasteiger charge is -2.49. The Kier molecular flexibility index (Phi) is 7.83. The molecule has 2 aliphatic heterocycles. The molecule has 2 N–H and O–H groups in total. The number of aromatic nitrogens is 3. The summed E-state index contributed by atoms with van der Waals surface area (Å²) in [5.41, 5.74) is 1.69. The van der Waals surface area contributed by atoms with Gasteiger partial charge in [0.1, 0.15) is 23.1 Å². The summed E-state index contributed by atoms with van der Waals surface area (Å²) in [6.45, 7) is -0.0451. The second kappa shape index (κ2) is 12.3. The van der Waals surface area contributed by atoms with Crippen LogP contribution in [-0.2, 0) is 21.5 Å². The van der Waals surface area contributed by atoms with Gasteiger partial charge in [0.25, 0.3) is 11.8 Å². The number of carbonyl (C=O) groups is 2. The molecular formula is C38H31ClFN5O7. The molecule has 1 aromatic heterocycles. The molecule has 0 bridgehead atoms. The first kappa shape index (κ1) is 33.1. The van der Waals surface area contributed by atoms with Crippen molar-refractivity contribution in [2.24, 2.45) is 5.92 Å². The number of carbonyl (C=O) groups excluding carboxylic acids is 2. The van der Waals surface area contributed by atoms with Crippen LogP contribution in [0.15, 0.2) is 112 Å². The average Bonchev–Trinajstić information content (AvgIpc) is 3.53. The summed E-state index contributed by atoms with van der Waals surface area (Å²) in [5, 5.41) is 13.1. The fourth-order valence-corrected chi connectivity index (χ4v) is 8.32. The largest absolute Gasteiger partial charge is 0.507 e. The second-order valence-corrected chi connectivity index (χ2v) is 13.3. The number of allylic oxidation sites excluding steroid dienone is 2. The van der Waals surface area contributed by atoms with Gasteiger partial charge in [-0.15, -0.1) is 0 Å². The van der Waals surface area contributed by atoms with Gasteiger partial charge in [-0.3, -0.25) is 15.0 Å². The Labute approximate surface area is 300 Å². The number of nitrogens with one attached hydrogen (secondary N) is 1. The van der Waals surface area contributed by atoms with E-state index in [4.69, 9.17) is 21.1 Å². The number of methoxy groups -OCH3 is 2. The molecule has 4 atom stereocenters. The van der Waals surface area contributed by atoms with Crippen LogP contribution in [0.5, 0.6) is 17.2 Å². The molecule has 2 amide bonds. The maximum Gasteiger partial charge on any atom is 0.352 e. The highest BCUT2D eigenvalue weighted by Crippen LogP contribution is 2.64. The average molecular weight is 724 g/mol. The van der Waals surface area contributed by atoms with Gasteiger partial charge in [-0.25, -0.2) is 27.9 Å². The van der Waals surface area contributed by atoms with Gasteiger partial charge in [0.05, 0.1) is 49.5 Å². The van der Waals surface area contributed by atoms with Crippen LogP contribution in [0.25, 0.3) is 5.69 Å². The lowest BCUT2D eigenvalue weighted by Crippen LogP contribution is -2.53. The molecule has 1 aliphatic carbocycles. The zero-order valence-electron chi connectivity index (χ0n) is 27.8. The fraction of sp³-hybridized carbons (Fsp3) is 0.211. The van der Waals surface area contributed by atoms with E-state index in [1.54, 1.807) is 66.7 Å². The van der Waals surface area contributed by atoms with Gasteiger partial charge in [0.2, 0.25) is 0 Å². The van der Waals surface area contributed by atoms with Crippen LogP contribution in [-0.4, -0.2) is 50.1 Å². The first-order valence-corrected chi connectivity index (χ1v) is 16.8. The number of benzene rings is 4. The maximum absolute atomic E-state index is 15.3. The van der Waals surface area contributed by atoms with Gasteiger partial charge in [0, 0.05) is 28.6 Å². The number of hydrogen-bond donors (Lipinski definition) is 2. The third kappa shape index (κ3) is 4.72. The summed E-state index contributed by atoms with van der Waals surface area (Å²) in [7, 11) is 2.84. The minimum absolute atomic E-state index is 0.0451. The molecule has 4 aromatic carbocycles. The third-order valence-electron chi connectivity index (χ3n) is 10.4. The summed E-state index contributed by atoms with van der Waals surface area (Å²) in [5.74, 6) is -3.93. The summed E-state index contributed by atoms with van der Waals surface area (Å²) < 4.78 is 28.9. The van der Waals surface area contributed by atoms with Crippen LogP contribution >= 0.6 is 11.6 Å². The number of imide groups is 1. The Hall–Kier alpha value is -6.08. The van der Waals surface area contributed by atoms with Crippen LogP contribution in [0, 0.1) is 11.7 Å². The smallest absolute Gasteiger partial charge is 0.352 e. The number of nitrogens with zero attached hydrogens (tertiary/aromatic N) is 4. The molecule has 1 saturated carbocycles. The van der Waals surface area contributed by atoms with E-state index in [-0.39, 0.29) is 41.5 Å². The van der Waals surface area contributed by atoms with Crippen molar-refractivity contribution in [3.63, 3.8) is 0 Å². The number of hydrazine groups is 1. The minimum Gasteiger partial charge on any atom is -0.507 e. The monoisotopic (exact) mass is 723 g/mol. The molecule has 14 heteroatoms. The van der Waals surface area contributed by atoms with Crippen molar-refractivity contribution in [3.8, 4) is 22.9 Å². The number of amides is 2. The molecule has 2 fully saturated rings. The molecule has 3 aliphatic rings. The standard InChI is InChI=1S/C38H31ClFN5O7/c1-51-26-18-30(46)32(31(19-26)52-2)33-27-16-17-42-36(49)43(25-6-4-3-5-7-25)37(50)45(42)29(27)20-28-34(47)44(41-24-14-12-23(40)13-15-24)35(48)38(28,33)21-8-10-22(39)11-9-21/h3-16,18-19,28-29,33,41,46H,17,20H2,1-2H3/t28-,29+,33+,38+/m0/s1. The van der Waals surface area contributed by atoms with Crippen molar-refractivity contribution >= 4 is 29.1 Å². The molecule has 0 radical (unpaired) electrons. The summed E-state index contributed by atoms with van der Waals surface area (Å²) in [6, 6.07) is 22.3. The Bertz CT molecular complexity index is 2410. The van der Waals surface area contributed by atoms with E-state index in [0.29, 0.717) is 21.8 Å². The lowest BCUT2D eigenvalue weighted by molar-refractivity contribution is -0.138. The van der Waals surface area contributed by atoms with Crippen molar-refractivity contribution in [2.75, 3.05) is 19.6 Å². The van der Waals surface area contributed by atoms with Crippen LogP contribution in [0.1, 0.15) is 29.5 Å². The number of phenols is 1. The Morgan fingerprint density at radius 3 is 2.29 bits per heavy atom. The number of ether oxygens (including phenoxy) is 2. The predicted molar refractivity (Wildman–Crippen MR) is 188 cm³/mol. The van der Waals surface area contributed by atoms with Crippen molar-refractivity contribution in [1.82, 2.24) is 18.9 Å². The fourth-order valence-electron chi connectivity index (χ4n) is 8.19. The van der Waals surface area contributed by atoms with E-state index in [1.165, 1.54) is 53.9 Å². The highest BCUT2D eigenvalue weighted by atomic mass is 35.5. The third-order valence-corrected chi connectivity index (χ3v) is 10.6. The number of phenolic OH excluding ortho intramolecular Hbond substituents is 1. The Morgan fingerprint density at radius 2 is 1.62 bits per heavy atom. The van der Waals surface area contributed by atoms with E-state index >= 15 is 4.79 Å². The van der Waals surface area contributed by atoms with Crippen molar-refractivity contribution < 1.29 is 28.6 Å². The molecular weight excluding hydrogens is 693 g/mol. The second-order valence-electron chi connectivity index (χ2n) is 12.8. The van der Waals surface area contributed by atoms with E-state index < -0.39 is 52.3 Å². The van der Waals surface area contributed by atoms with Gasteiger partial charge < -0.3 is 14.6 Å².